The van der Waals surface area contributed by atoms with Crippen LogP contribution in [0.1, 0.15) is 30.9 Å². The summed E-state index contributed by atoms with van der Waals surface area (Å²) >= 11 is 0. The number of benzene rings is 2. The van der Waals surface area contributed by atoms with Crippen molar-refractivity contribution in [2.24, 2.45) is 0 Å². The number of allylic oxidation sites excluding steroid dienone is 1. The van der Waals surface area contributed by atoms with Crippen molar-refractivity contribution in [2.75, 3.05) is 13.1 Å². The molecular weight excluding hydrogens is 516 g/mol. The highest BCUT2D eigenvalue weighted by Crippen LogP contribution is 2.36. The van der Waals surface area contributed by atoms with Gasteiger partial charge in [0.25, 0.3) is 17.5 Å². The fraction of sp³-hybridized carbons (Fsp3) is 0.346. The highest BCUT2D eigenvalue weighted by molar-refractivity contribution is 6.44. The van der Waals surface area contributed by atoms with Crippen molar-refractivity contribution in [3.8, 4) is 5.75 Å². The number of nitrogens with one attached hydrogen (secondary N) is 2. The molecule has 1 aliphatic heterocycles. The molecule has 2 N–H and O–H groups in total. The third kappa shape index (κ3) is 6.35. The second kappa shape index (κ2) is 11.3. The zero-order valence-electron chi connectivity index (χ0n) is 20.2. The van der Waals surface area contributed by atoms with Gasteiger partial charge in [-0.2, -0.15) is 26.3 Å². The minimum atomic E-state index is -4.99. The first-order valence-corrected chi connectivity index (χ1v) is 11.6. The highest BCUT2D eigenvalue weighted by Gasteiger charge is 2.54. The second-order valence-corrected chi connectivity index (χ2v) is 8.54. The molecule has 3 rings (SSSR count). The van der Waals surface area contributed by atoms with Crippen LogP contribution >= 0.6 is 0 Å². The standard InChI is InChI=1S/C26H25F6N3O3/c1-2-20(26(30,31)32)21(33)22(36)35-16-6-14-24(35,23(37)34-15-13-17-7-4-3-5-8-17)38-19-11-9-18(10-12-19)25(27,28)29/h2-5,7-12,33H,6,13-16H2,1H3,(H,34,37)/b20-2+,33-21?. The van der Waals surface area contributed by atoms with Crippen LogP contribution in [0, 0.1) is 5.41 Å². The van der Waals surface area contributed by atoms with Gasteiger partial charge in [0.15, 0.2) is 0 Å². The Morgan fingerprint density at radius 2 is 1.68 bits per heavy atom. The topological polar surface area (TPSA) is 82.5 Å². The Hall–Kier alpha value is -3.83. The van der Waals surface area contributed by atoms with Crippen LogP contribution in [-0.4, -0.2) is 47.4 Å². The molecule has 1 atom stereocenters. The lowest BCUT2D eigenvalue weighted by Gasteiger charge is -2.37. The number of carbonyl (C=O) groups excluding carboxylic acids is 2. The van der Waals surface area contributed by atoms with Gasteiger partial charge in [0, 0.05) is 19.5 Å². The molecule has 1 heterocycles. The van der Waals surface area contributed by atoms with Crippen molar-refractivity contribution in [1.29, 1.82) is 5.41 Å². The largest absolute Gasteiger partial charge is 0.458 e. The number of likely N-dealkylation sites (tertiary alicyclic amines) is 1. The summed E-state index contributed by atoms with van der Waals surface area (Å²) in [5, 5.41) is 10.5. The van der Waals surface area contributed by atoms with Crippen LogP contribution in [0.25, 0.3) is 0 Å². The van der Waals surface area contributed by atoms with Gasteiger partial charge >= 0.3 is 12.4 Å². The van der Waals surface area contributed by atoms with Crippen LogP contribution in [0.15, 0.2) is 66.2 Å². The number of nitrogens with zero attached hydrogens (tertiary/aromatic N) is 1. The predicted octanol–water partition coefficient (Wildman–Crippen LogP) is 5.29. The third-order valence-electron chi connectivity index (χ3n) is 6.02. The quantitative estimate of drug-likeness (QED) is 0.352. The molecule has 0 bridgehead atoms. The fourth-order valence-corrected chi connectivity index (χ4v) is 4.16. The fourth-order valence-electron chi connectivity index (χ4n) is 4.16. The Bertz CT molecular complexity index is 1190. The number of rotatable bonds is 8. The van der Waals surface area contributed by atoms with Crippen LogP contribution in [0.4, 0.5) is 26.3 Å². The third-order valence-corrected chi connectivity index (χ3v) is 6.02. The summed E-state index contributed by atoms with van der Waals surface area (Å²) in [7, 11) is 0. The normalized spacial score (nSPS) is 18.3. The molecule has 12 heteroatoms. The summed E-state index contributed by atoms with van der Waals surface area (Å²) in [6, 6.07) is 12.4. The van der Waals surface area contributed by atoms with E-state index in [1.807, 2.05) is 18.2 Å². The van der Waals surface area contributed by atoms with Crippen molar-refractivity contribution in [3.05, 3.63) is 77.4 Å². The number of halogens is 6. The molecule has 38 heavy (non-hydrogen) atoms. The number of hydrogen-bond acceptors (Lipinski definition) is 4. The summed E-state index contributed by atoms with van der Waals surface area (Å²) in [6.07, 6.45) is -8.66. The van der Waals surface area contributed by atoms with Crippen molar-refractivity contribution < 1.29 is 40.7 Å². The Morgan fingerprint density at radius 1 is 1.05 bits per heavy atom. The van der Waals surface area contributed by atoms with Crippen LogP contribution in [0.2, 0.25) is 0 Å². The molecule has 0 spiro atoms. The Kier molecular flexibility index (Phi) is 8.53. The van der Waals surface area contributed by atoms with E-state index in [-0.39, 0.29) is 31.7 Å². The molecule has 2 aromatic rings. The van der Waals surface area contributed by atoms with Crippen LogP contribution in [0.5, 0.6) is 5.75 Å². The molecule has 1 aliphatic rings. The van der Waals surface area contributed by atoms with E-state index in [1.165, 1.54) is 0 Å². The first-order chi connectivity index (χ1) is 17.8. The van der Waals surface area contributed by atoms with Crippen molar-refractivity contribution in [2.45, 2.75) is 44.3 Å². The number of amides is 2. The van der Waals surface area contributed by atoms with Crippen LogP contribution in [-0.2, 0) is 22.2 Å². The van der Waals surface area contributed by atoms with Gasteiger partial charge in [-0.05, 0) is 49.6 Å². The summed E-state index contributed by atoms with van der Waals surface area (Å²) in [6.45, 7) is 0.906. The van der Waals surface area contributed by atoms with E-state index in [1.54, 1.807) is 12.1 Å². The summed E-state index contributed by atoms with van der Waals surface area (Å²) in [5.41, 5.74) is -5.13. The maximum absolute atomic E-state index is 13.4. The highest BCUT2D eigenvalue weighted by atomic mass is 19.4. The predicted molar refractivity (Wildman–Crippen MR) is 126 cm³/mol. The van der Waals surface area contributed by atoms with E-state index in [0.717, 1.165) is 41.7 Å². The Balaban J connectivity index is 1.92. The Morgan fingerprint density at radius 3 is 2.24 bits per heavy atom. The number of hydrogen-bond donors (Lipinski definition) is 2. The monoisotopic (exact) mass is 541 g/mol. The van der Waals surface area contributed by atoms with Crippen molar-refractivity contribution in [3.63, 3.8) is 0 Å². The molecular formula is C26H25F6N3O3. The van der Waals surface area contributed by atoms with E-state index in [4.69, 9.17) is 10.1 Å². The van der Waals surface area contributed by atoms with Crippen LogP contribution < -0.4 is 10.1 Å². The maximum Gasteiger partial charge on any atom is 0.418 e. The van der Waals surface area contributed by atoms with Gasteiger partial charge in [-0.15, -0.1) is 0 Å². The molecule has 0 aromatic heterocycles. The number of carbonyl (C=O) groups is 2. The lowest BCUT2D eigenvalue weighted by molar-refractivity contribution is -0.160. The zero-order valence-corrected chi connectivity index (χ0v) is 20.2. The van der Waals surface area contributed by atoms with E-state index in [9.17, 15) is 35.9 Å². The molecule has 1 fully saturated rings. The van der Waals surface area contributed by atoms with Crippen LogP contribution in [0.3, 0.4) is 0 Å². The van der Waals surface area contributed by atoms with Gasteiger partial charge in [-0.3, -0.25) is 19.9 Å². The molecule has 204 valence electrons. The molecule has 2 aromatic carbocycles. The Labute approximate surface area is 214 Å². The SMILES string of the molecule is C/C=C(\C(=N)C(=O)N1CCCC1(Oc1ccc(C(F)(F)F)cc1)C(=O)NCCc1ccccc1)C(F)(F)F. The average molecular weight is 541 g/mol. The van der Waals surface area contributed by atoms with Crippen molar-refractivity contribution in [1.82, 2.24) is 10.2 Å². The van der Waals surface area contributed by atoms with E-state index >= 15 is 0 Å². The first kappa shape index (κ1) is 28.7. The molecule has 1 unspecified atom stereocenters. The molecule has 0 saturated carbocycles. The van der Waals surface area contributed by atoms with Gasteiger partial charge in [0.1, 0.15) is 11.5 Å². The summed E-state index contributed by atoms with van der Waals surface area (Å²) in [4.78, 5) is 27.3. The number of alkyl halides is 6. The smallest absolute Gasteiger partial charge is 0.418 e. The molecule has 2 amide bonds. The van der Waals surface area contributed by atoms with Crippen molar-refractivity contribution >= 4 is 17.5 Å². The average Bonchev–Trinajstić information content (AvgIpc) is 3.28. The molecule has 0 aliphatic carbocycles. The van der Waals surface area contributed by atoms with E-state index < -0.39 is 46.7 Å². The minimum absolute atomic E-state index is 0.0864. The number of ether oxygens (including phenoxy) is 1. The van der Waals surface area contributed by atoms with Gasteiger partial charge in [-0.25, -0.2) is 0 Å². The summed E-state index contributed by atoms with van der Waals surface area (Å²) < 4.78 is 85.0. The summed E-state index contributed by atoms with van der Waals surface area (Å²) in [5.74, 6) is -2.46. The maximum atomic E-state index is 13.4. The van der Waals surface area contributed by atoms with Gasteiger partial charge in [-0.1, -0.05) is 36.4 Å². The van der Waals surface area contributed by atoms with Gasteiger partial charge in [0.05, 0.1) is 11.1 Å². The molecule has 0 radical (unpaired) electrons. The molecule has 1 saturated heterocycles. The van der Waals surface area contributed by atoms with Gasteiger partial charge in [0.2, 0.25) is 0 Å². The van der Waals surface area contributed by atoms with E-state index in [0.29, 0.717) is 12.5 Å². The first-order valence-electron chi connectivity index (χ1n) is 11.6. The minimum Gasteiger partial charge on any atom is -0.458 e. The lowest BCUT2D eigenvalue weighted by atomic mass is 10.1. The molecule has 6 nitrogen and oxygen atoms in total. The zero-order chi connectivity index (χ0) is 28.1. The lowest BCUT2D eigenvalue weighted by Crippen LogP contribution is -2.62. The van der Waals surface area contributed by atoms with E-state index in [2.05, 4.69) is 5.32 Å². The second-order valence-electron chi connectivity index (χ2n) is 8.54. The van der Waals surface area contributed by atoms with Gasteiger partial charge < -0.3 is 10.1 Å².